The van der Waals surface area contributed by atoms with E-state index < -0.39 is 5.97 Å². The highest BCUT2D eigenvalue weighted by molar-refractivity contribution is 5.88. The average Bonchev–Trinajstić information content (AvgIpc) is 3.47. The number of nitrogens with one attached hydrogen (secondary N) is 1. The van der Waals surface area contributed by atoms with Gasteiger partial charge in [-0.25, -0.2) is 4.79 Å². The largest absolute Gasteiger partial charge is 0.478 e. The summed E-state index contributed by atoms with van der Waals surface area (Å²) in [5.74, 6) is 3.09. The molecule has 2 N–H and O–H groups in total. The highest BCUT2D eigenvalue weighted by atomic mass is 16.5. The number of allylic oxidation sites excluding steroid dienone is 2. The second kappa shape index (κ2) is 12.5. The third-order valence-electron chi connectivity index (χ3n) is 15.4. The van der Waals surface area contributed by atoms with Crippen LogP contribution in [-0.4, -0.2) is 73.6 Å². The minimum Gasteiger partial charge on any atom is -0.478 e. The van der Waals surface area contributed by atoms with Crippen molar-refractivity contribution in [3.05, 3.63) is 41.5 Å². The van der Waals surface area contributed by atoms with E-state index in [0.717, 1.165) is 63.0 Å². The molecule has 6 nitrogen and oxygen atoms in total. The zero-order valence-electron chi connectivity index (χ0n) is 30.2. The fourth-order valence-electron chi connectivity index (χ4n) is 13.5. The number of hydrogen-bond acceptors (Lipinski definition) is 5. The predicted molar refractivity (Wildman–Crippen MR) is 188 cm³/mol. The second-order valence-corrected chi connectivity index (χ2v) is 17.8. The van der Waals surface area contributed by atoms with Gasteiger partial charge in [-0.2, -0.15) is 0 Å². The molecule has 10 atom stereocenters. The van der Waals surface area contributed by atoms with Crippen molar-refractivity contribution in [1.29, 1.82) is 0 Å². The lowest BCUT2D eigenvalue weighted by Gasteiger charge is -2.68. The van der Waals surface area contributed by atoms with Crippen molar-refractivity contribution in [1.82, 2.24) is 10.2 Å². The predicted octanol–water partition coefficient (Wildman–Crippen LogP) is 7.92. The first-order chi connectivity index (χ1) is 22.4. The molecule has 5 fully saturated rings. The van der Waals surface area contributed by atoms with E-state index in [9.17, 15) is 9.90 Å². The number of fused-ring (bicyclic) bond motifs is 7. The van der Waals surface area contributed by atoms with Gasteiger partial charge in [-0.05, 0) is 134 Å². The maximum absolute atomic E-state index is 11.5. The Labute approximate surface area is 284 Å². The van der Waals surface area contributed by atoms with Crippen molar-refractivity contribution in [3.63, 3.8) is 0 Å². The lowest BCUT2D eigenvalue weighted by molar-refractivity contribution is -0.172. The molecule has 1 aromatic carbocycles. The molecule has 0 radical (unpaired) electrons. The topological polar surface area (TPSA) is 71.0 Å². The number of aromatic carboxylic acids is 1. The van der Waals surface area contributed by atoms with E-state index in [-0.39, 0.29) is 5.41 Å². The molecule has 7 rings (SSSR count). The number of rotatable bonds is 8. The summed E-state index contributed by atoms with van der Waals surface area (Å²) in [7, 11) is 1.81. The molecule has 6 heteroatoms. The number of carboxylic acid groups (broad SMARTS) is 1. The Bertz CT molecular complexity index is 1340. The smallest absolute Gasteiger partial charge is 0.335 e. The molecule has 6 aliphatic rings. The summed E-state index contributed by atoms with van der Waals surface area (Å²) in [5.41, 5.74) is 4.12. The Kier molecular flexibility index (Phi) is 9.01. The second-order valence-electron chi connectivity index (χ2n) is 17.8. The quantitative estimate of drug-likeness (QED) is 0.299. The van der Waals surface area contributed by atoms with Crippen LogP contribution in [0.25, 0.3) is 5.57 Å². The van der Waals surface area contributed by atoms with E-state index in [1.54, 1.807) is 12.1 Å². The van der Waals surface area contributed by atoms with E-state index in [0.29, 0.717) is 39.9 Å². The van der Waals surface area contributed by atoms with Crippen LogP contribution >= 0.6 is 0 Å². The van der Waals surface area contributed by atoms with Crippen molar-refractivity contribution in [3.8, 4) is 0 Å². The molecule has 4 saturated carbocycles. The molecular formula is C41H62N2O4. The molecule has 1 aromatic rings. The van der Waals surface area contributed by atoms with Crippen molar-refractivity contribution in [2.75, 3.05) is 40.0 Å². The standard InChI is InChI=1S/C41H62N2O4/c1-27-24-47-26-30(25-46-6)43(27)23-22-42-41-18-7-8-34(41)31-13-14-36-39(4,33(31)16-21-41)20-17-35-38(2,3)32(15-19-40(35,36)5)28-9-11-29(12-10-28)37(44)45/h9-12,15,27,30-31,33-36,42H,7-8,13-14,16-26H2,1-6H3,(H,44,45)/t27?,30?,31-,33?,34+,35?,36?,39-,40-,41-/m0/s1. The first-order valence-electron chi connectivity index (χ1n) is 19.1. The van der Waals surface area contributed by atoms with Crippen molar-refractivity contribution in [2.45, 2.75) is 116 Å². The molecule has 0 bridgehead atoms. The Morgan fingerprint density at radius 2 is 1.74 bits per heavy atom. The first kappa shape index (κ1) is 33.8. The lowest BCUT2D eigenvalue weighted by Crippen LogP contribution is -2.64. The van der Waals surface area contributed by atoms with E-state index in [1.807, 2.05) is 19.2 Å². The number of benzene rings is 1. The fraction of sp³-hybridized carbons (Fsp3) is 0.780. The Morgan fingerprint density at radius 1 is 0.957 bits per heavy atom. The first-order valence-corrected chi connectivity index (χ1v) is 19.1. The van der Waals surface area contributed by atoms with Gasteiger partial charge >= 0.3 is 5.97 Å². The maximum atomic E-state index is 11.5. The van der Waals surface area contributed by atoms with Crippen LogP contribution < -0.4 is 5.32 Å². The zero-order chi connectivity index (χ0) is 33.2. The van der Waals surface area contributed by atoms with Crippen LogP contribution in [0.4, 0.5) is 0 Å². The Morgan fingerprint density at radius 3 is 2.49 bits per heavy atom. The van der Waals surface area contributed by atoms with E-state index in [1.165, 1.54) is 68.9 Å². The van der Waals surface area contributed by atoms with Crippen LogP contribution in [0, 0.1) is 45.8 Å². The summed E-state index contributed by atoms with van der Waals surface area (Å²) in [6, 6.07) is 8.45. The minimum absolute atomic E-state index is 0.0627. The summed E-state index contributed by atoms with van der Waals surface area (Å²) in [5, 5.41) is 13.7. The van der Waals surface area contributed by atoms with Gasteiger partial charge in [-0.15, -0.1) is 0 Å². The molecule has 1 saturated heterocycles. The molecule has 5 aliphatic carbocycles. The number of ether oxygens (including phenoxy) is 2. The van der Waals surface area contributed by atoms with Gasteiger partial charge in [0, 0.05) is 31.8 Å². The van der Waals surface area contributed by atoms with Gasteiger partial charge in [-0.3, -0.25) is 4.90 Å². The number of hydrogen-bond donors (Lipinski definition) is 2. The molecule has 1 aliphatic heterocycles. The number of carboxylic acids is 1. The van der Waals surface area contributed by atoms with Crippen LogP contribution in [0.1, 0.15) is 115 Å². The molecular weight excluding hydrogens is 584 g/mol. The van der Waals surface area contributed by atoms with Crippen LogP contribution in [0.5, 0.6) is 0 Å². The van der Waals surface area contributed by atoms with Gasteiger partial charge < -0.3 is 19.9 Å². The number of carbonyl (C=O) groups is 1. The van der Waals surface area contributed by atoms with Gasteiger partial charge in [0.2, 0.25) is 0 Å². The third-order valence-corrected chi connectivity index (χ3v) is 15.4. The molecule has 5 unspecified atom stereocenters. The molecule has 0 spiro atoms. The van der Waals surface area contributed by atoms with Gasteiger partial charge in [0.15, 0.2) is 0 Å². The SMILES string of the molecule is COCC1COCC(C)N1CCN[C@]12CCC[C@@H]1[C@H]1CCC3[C@@](C)(CCC4C(C)(C)C(c5ccc(C(=O)O)cc5)=CC[C@@]43C)C1CC2. The Balaban J connectivity index is 1.07. The van der Waals surface area contributed by atoms with Crippen LogP contribution in [0.2, 0.25) is 0 Å². The minimum atomic E-state index is -0.852. The summed E-state index contributed by atoms with van der Waals surface area (Å²) >= 11 is 0. The van der Waals surface area contributed by atoms with Crippen LogP contribution in [0.15, 0.2) is 30.3 Å². The van der Waals surface area contributed by atoms with Crippen LogP contribution in [0.3, 0.4) is 0 Å². The van der Waals surface area contributed by atoms with Gasteiger partial charge in [-0.1, -0.05) is 52.3 Å². The van der Waals surface area contributed by atoms with E-state index in [4.69, 9.17) is 9.47 Å². The highest BCUT2D eigenvalue weighted by Crippen LogP contribution is 2.72. The molecule has 1 heterocycles. The van der Waals surface area contributed by atoms with Crippen molar-refractivity contribution in [2.24, 2.45) is 45.8 Å². The van der Waals surface area contributed by atoms with Crippen molar-refractivity contribution < 1.29 is 19.4 Å². The lowest BCUT2D eigenvalue weighted by atomic mass is 9.37. The van der Waals surface area contributed by atoms with E-state index >= 15 is 0 Å². The molecule has 47 heavy (non-hydrogen) atoms. The van der Waals surface area contributed by atoms with Gasteiger partial charge in [0.25, 0.3) is 0 Å². The number of nitrogens with zero attached hydrogens (tertiary/aromatic N) is 1. The number of morpholine rings is 1. The molecule has 0 amide bonds. The van der Waals surface area contributed by atoms with Crippen molar-refractivity contribution >= 4 is 11.5 Å². The fourth-order valence-corrected chi connectivity index (χ4v) is 13.5. The Hall–Kier alpha value is -1.73. The summed E-state index contributed by atoms with van der Waals surface area (Å²) in [4.78, 5) is 14.1. The number of methoxy groups -OCH3 is 1. The van der Waals surface area contributed by atoms with Crippen LogP contribution in [-0.2, 0) is 9.47 Å². The normalized spacial score (nSPS) is 42.9. The zero-order valence-corrected chi connectivity index (χ0v) is 30.2. The average molecular weight is 647 g/mol. The summed E-state index contributed by atoms with van der Waals surface area (Å²) in [6.07, 6.45) is 16.1. The van der Waals surface area contributed by atoms with Gasteiger partial charge in [0.1, 0.15) is 0 Å². The maximum Gasteiger partial charge on any atom is 0.335 e. The van der Waals surface area contributed by atoms with Gasteiger partial charge in [0.05, 0.1) is 31.4 Å². The third kappa shape index (κ3) is 5.47. The summed E-state index contributed by atoms with van der Waals surface area (Å²) < 4.78 is 11.4. The monoisotopic (exact) mass is 646 g/mol. The van der Waals surface area contributed by atoms with E-state index in [2.05, 4.69) is 50.9 Å². The molecule has 0 aromatic heterocycles. The highest BCUT2D eigenvalue weighted by Gasteiger charge is 2.65. The summed E-state index contributed by atoms with van der Waals surface area (Å²) in [6.45, 7) is 17.2. The molecule has 260 valence electrons.